The Morgan fingerprint density at radius 1 is 0.931 bits per heavy atom. The molecule has 154 valence electrons. The molecule has 0 spiro atoms. The Labute approximate surface area is 173 Å². The minimum absolute atomic E-state index is 0.0825. The van der Waals surface area contributed by atoms with Gasteiger partial charge in [-0.25, -0.2) is 0 Å². The zero-order valence-corrected chi connectivity index (χ0v) is 17.4. The molecule has 0 radical (unpaired) electrons. The zero-order chi connectivity index (χ0) is 20.2. The van der Waals surface area contributed by atoms with Crippen molar-refractivity contribution in [2.24, 2.45) is 5.92 Å². The van der Waals surface area contributed by atoms with Crippen molar-refractivity contribution in [2.45, 2.75) is 19.8 Å². The summed E-state index contributed by atoms with van der Waals surface area (Å²) in [6, 6.07) is 10.1. The summed E-state index contributed by atoms with van der Waals surface area (Å²) in [7, 11) is 1.68. The number of carbonyl (C=O) groups is 1. The van der Waals surface area contributed by atoms with E-state index in [4.69, 9.17) is 4.74 Å². The van der Waals surface area contributed by atoms with Crippen molar-refractivity contribution < 1.29 is 9.53 Å². The Bertz CT molecular complexity index is 823. The zero-order valence-electron chi connectivity index (χ0n) is 17.4. The van der Waals surface area contributed by atoms with Crippen LogP contribution in [0.2, 0.25) is 0 Å². The first-order valence-corrected chi connectivity index (χ1v) is 10.5. The predicted octanol–water partition coefficient (Wildman–Crippen LogP) is 3.29. The van der Waals surface area contributed by atoms with Gasteiger partial charge in [-0.15, -0.1) is 0 Å². The molecule has 1 amide bonds. The minimum atomic E-state index is 0.0825. The van der Waals surface area contributed by atoms with E-state index in [1.807, 2.05) is 29.3 Å². The van der Waals surface area contributed by atoms with E-state index in [0.29, 0.717) is 5.56 Å². The molecule has 3 heterocycles. The Morgan fingerprint density at radius 2 is 1.59 bits per heavy atom. The highest BCUT2D eigenvalue weighted by Gasteiger charge is 2.24. The average Bonchev–Trinajstić information content (AvgIpc) is 2.79. The van der Waals surface area contributed by atoms with Crippen LogP contribution in [0.5, 0.6) is 5.75 Å². The molecule has 1 aromatic carbocycles. The summed E-state index contributed by atoms with van der Waals surface area (Å²) in [5, 5.41) is 0. The van der Waals surface area contributed by atoms with E-state index in [0.717, 1.165) is 56.6 Å². The standard InChI is InChI=1S/C23H30N4O2/c1-18-7-9-25(10-8-18)21-15-19(16-24-17-21)23(28)27-13-11-26(12-14-27)20-3-5-22(29-2)6-4-20/h3-6,15-18H,7-14H2,1-2H3. The fourth-order valence-electron chi connectivity index (χ4n) is 4.13. The minimum Gasteiger partial charge on any atom is -0.497 e. The summed E-state index contributed by atoms with van der Waals surface area (Å²) in [6.45, 7) is 7.49. The van der Waals surface area contributed by atoms with Gasteiger partial charge in [0.2, 0.25) is 0 Å². The number of carbonyl (C=O) groups excluding carboxylic acids is 1. The molecule has 0 N–H and O–H groups in total. The number of ether oxygens (including phenoxy) is 1. The number of benzene rings is 1. The lowest BCUT2D eigenvalue weighted by molar-refractivity contribution is 0.0746. The lowest BCUT2D eigenvalue weighted by Gasteiger charge is -2.36. The van der Waals surface area contributed by atoms with Gasteiger partial charge in [-0.2, -0.15) is 0 Å². The first-order chi connectivity index (χ1) is 14.1. The van der Waals surface area contributed by atoms with Crippen LogP contribution in [0.3, 0.4) is 0 Å². The van der Waals surface area contributed by atoms with Gasteiger partial charge < -0.3 is 19.4 Å². The topological polar surface area (TPSA) is 48.9 Å². The lowest BCUT2D eigenvalue weighted by Crippen LogP contribution is -2.48. The highest BCUT2D eigenvalue weighted by Crippen LogP contribution is 2.24. The molecule has 0 bridgehead atoms. The van der Waals surface area contributed by atoms with Crippen LogP contribution in [0.25, 0.3) is 0 Å². The number of nitrogens with zero attached hydrogens (tertiary/aromatic N) is 4. The van der Waals surface area contributed by atoms with E-state index in [1.165, 1.54) is 18.5 Å². The Kier molecular flexibility index (Phi) is 5.88. The Balaban J connectivity index is 1.37. The number of rotatable bonds is 4. The normalized spacial score (nSPS) is 18.1. The third kappa shape index (κ3) is 4.47. The second-order valence-electron chi connectivity index (χ2n) is 8.08. The number of pyridine rings is 1. The molecule has 2 aliphatic rings. The summed E-state index contributed by atoms with van der Waals surface area (Å²) in [4.78, 5) is 24.0. The molecular formula is C23H30N4O2. The molecule has 0 atom stereocenters. The maximum absolute atomic E-state index is 13.0. The van der Waals surface area contributed by atoms with E-state index < -0.39 is 0 Å². The second-order valence-corrected chi connectivity index (χ2v) is 8.08. The first kappa shape index (κ1) is 19.6. The maximum Gasteiger partial charge on any atom is 0.255 e. The lowest BCUT2D eigenvalue weighted by atomic mass is 9.99. The summed E-state index contributed by atoms with van der Waals surface area (Å²) in [5.74, 6) is 1.73. The van der Waals surface area contributed by atoms with E-state index in [9.17, 15) is 4.79 Å². The summed E-state index contributed by atoms with van der Waals surface area (Å²) in [6.07, 6.45) is 5.99. The van der Waals surface area contributed by atoms with E-state index in [-0.39, 0.29) is 5.91 Å². The van der Waals surface area contributed by atoms with Gasteiger partial charge in [0.15, 0.2) is 0 Å². The smallest absolute Gasteiger partial charge is 0.255 e. The van der Waals surface area contributed by atoms with Gasteiger partial charge in [-0.1, -0.05) is 6.92 Å². The number of hydrogen-bond acceptors (Lipinski definition) is 5. The molecule has 4 rings (SSSR count). The molecule has 2 saturated heterocycles. The van der Waals surface area contributed by atoms with Gasteiger partial charge in [0, 0.05) is 51.2 Å². The fraction of sp³-hybridized carbons (Fsp3) is 0.478. The number of anilines is 2. The first-order valence-electron chi connectivity index (χ1n) is 10.5. The molecule has 6 heteroatoms. The molecule has 2 aromatic rings. The van der Waals surface area contributed by atoms with Crippen LogP contribution in [0.1, 0.15) is 30.1 Å². The average molecular weight is 395 g/mol. The van der Waals surface area contributed by atoms with Gasteiger partial charge >= 0.3 is 0 Å². The van der Waals surface area contributed by atoms with E-state index in [2.05, 4.69) is 33.8 Å². The molecule has 1 aromatic heterocycles. The van der Waals surface area contributed by atoms with Crippen molar-refractivity contribution in [1.29, 1.82) is 0 Å². The molecule has 0 aliphatic carbocycles. The predicted molar refractivity (Wildman–Crippen MR) is 116 cm³/mol. The van der Waals surface area contributed by atoms with Crippen molar-refractivity contribution in [3.8, 4) is 5.75 Å². The summed E-state index contributed by atoms with van der Waals surface area (Å²) < 4.78 is 5.23. The van der Waals surface area contributed by atoms with Crippen molar-refractivity contribution in [2.75, 3.05) is 56.2 Å². The molecule has 2 fully saturated rings. The van der Waals surface area contributed by atoms with Gasteiger partial charge in [0.05, 0.1) is 24.6 Å². The van der Waals surface area contributed by atoms with Crippen LogP contribution in [0.4, 0.5) is 11.4 Å². The van der Waals surface area contributed by atoms with Crippen LogP contribution in [0.15, 0.2) is 42.7 Å². The third-order valence-electron chi connectivity index (χ3n) is 6.12. The quantitative estimate of drug-likeness (QED) is 0.796. The second kappa shape index (κ2) is 8.72. The number of amides is 1. The largest absolute Gasteiger partial charge is 0.497 e. The van der Waals surface area contributed by atoms with Crippen LogP contribution < -0.4 is 14.5 Å². The monoisotopic (exact) mass is 394 g/mol. The van der Waals surface area contributed by atoms with Crippen molar-refractivity contribution in [3.05, 3.63) is 48.3 Å². The summed E-state index contributed by atoms with van der Waals surface area (Å²) >= 11 is 0. The van der Waals surface area contributed by atoms with Gasteiger partial charge in [-0.3, -0.25) is 9.78 Å². The Morgan fingerprint density at radius 3 is 2.24 bits per heavy atom. The van der Waals surface area contributed by atoms with Crippen molar-refractivity contribution in [3.63, 3.8) is 0 Å². The van der Waals surface area contributed by atoms with Crippen LogP contribution in [-0.2, 0) is 0 Å². The van der Waals surface area contributed by atoms with E-state index in [1.54, 1.807) is 13.3 Å². The Hall–Kier alpha value is -2.76. The molecule has 0 unspecified atom stereocenters. The van der Waals surface area contributed by atoms with Gasteiger partial charge in [-0.05, 0) is 49.1 Å². The number of aromatic nitrogens is 1. The molecule has 2 aliphatic heterocycles. The van der Waals surface area contributed by atoms with Crippen molar-refractivity contribution >= 4 is 17.3 Å². The third-order valence-corrected chi connectivity index (χ3v) is 6.12. The van der Waals surface area contributed by atoms with Crippen LogP contribution in [0, 0.1) is 5.92 Å². The highest BCUT2D eigenvalue weighted by atomic mass is 16.5. The molecular weight excluding hydrogens is 364 g/mol. The molecule has 0 saturated carbocycles. The van der Waals surface area contributed by atoms with Gasteiger partial charge in [0.1, 0.15) is 5.75 Å². The molecule has 29 heavy (non-hydrogen) atoms. The van der Waals surface area contributed by atoms with Gasteiger partial charge in [0.25, 0.3) is 5.91 Å². The summed E-state index contributed by atoms with van der Waals surface area (Å²) in [5.41, 5.74) is 2.93. The fourth-order valence-corrected chi connectivity index (χ4v) is 4.13. The SMILES string of the molecule is COc1ccc(N2CCN(C(=O)c3cncc(N4CCC(C)CC4)c3)CC2)cc1. The van der Waals surface area contributed by atoms with E-state index >= 15 is 0 Å². The number of methoxy groups -OCH3 is 1. The molecule has 6 nitrogen and oxygen atoms in total. The highest BCUT2D eigenvalue weighted by molar-refractivity contribution is 5.95. The van der Waals surface area contributed by atoms with Crippen LogP contribution in [-0.4, -0.2) is 62.2 Å². The number of piperidine rings is 1. The van der Waals surface area contributed by atoms with Crippen molar-refractivity contribution in [1.82, 2.24) is 9.88 Å². The van der Waals surface area contributed by atoms with Crippen LogP contribution >= 0.6 is 0 Å². The number of piperazine rings is 1. The maximum atomic E-state index is 13.0. The number of hydrogen-bond donors (Lipinski definition) is 0.